The van der Waals surface area contributed by atoms with Crippen LogP contribution in [0.1, 0.15) is 32.8 Å². The molecule has 138 valence electrons. The Bertz CT molecular complexity index is 670. The highest BCUT2D eigenvalue weighted by molar-refractivity contribution is 6.30. The van der Waals surface area contributed by atoms with Gasteiger partial charge in [-0.05, 0) is 44.9 Å². The highest BCUT2D eigenvalue weighted by Gasteiger charge is 2.25. The van der Waals surface area contributed by atoms with Gasteiger partial charge in [-0.1, -0.05) is 17.7 Å². The maximum absolute atomic E-state index is 14.2. The number of benzene rings is 1. The molecular weight excluding hydrogens is 349 g/mol. The molecule has 1 amide bonds. The van der Waals surface area contributed by atoms with Crippen molar-refractivity contribution < 1.29 is 23.4 Å². The summed E-state index contributed by atoms with van der Waals surface area (Å²) in [4.78, 5) is 13.7. The second kappa shape index (κ2) is 8.06. The third kappa shape index (κ3) is 5.34. The molecule has 2 rings (SSSR count). The van der Waals surface area contributed by atoms with Crippen molar-refractivity contribution in [1.29, 1.82) is 0 Å². The average molecular weight is 372 g/mol. The van der Waals surface area contributed by atoms with Crippen LogP contribution in [0.5, 0.6) is 5.75 Å². The molecule has 0 aromatic heterocycles. The van der Waals surface area contributed by atoms with Gasteiger partial charge in [-0.3, -0.25) is 0 Å². The number of carbonyl (C=O) groups excluding carboxylic acids is 1. The summed E-state index contributed by atoms with van der Waals surface area (Å²) in [5.41, 5.74) is 0.899. The molecule has 25 heavy (non-hydrogen) atoms. The number of halogens is 2. The quantitative estimate of drug-likeness (QED) is 0.732. The Morgan fingerprint density at radius 2 is 2.08 bits per heavy atom. The zero-order chi connectivity index (χ0) is 18.6. The van der Waals surface area contributed by atoms with Crippen LogP contribution in [0.4, 0.5) is 9.18 Å². The van der Waals surface area contributed by atoms with E-state index in [1.807, 2.05) is 26.8 Å². The van der Waals surface area contributed by atoms with Crippen molar-refractivity contribution in [2.75, 3.05) is 27.0 Å². The second-order valence-corrected chi connectivity index (χ2v) is 7.16. The molecular formula is C18H23ClFNO4. The van der Waals surface area contributed by atoms with Crippen molar-refractivity contribution >= 4 is 23.3 Å². The Kier molecular flexibility index (Phi) is 6.30. The van der Waals surface area contributed by atoms with Crippen LogP contribution in [0, 0.1) is 5.82 Å². The van der Waals surface area contributed by atoms with Gasteiger partial charge < -0.3 is 19.1 Å². The summed E-state index contributed by atoms with van der Waals surface area (Å²) in [5, 5.41) is 0.285. The highest BCUT2D eigenvalue weighted by Crippen LogP contribution is 2.35. The molecule has 0 radical (unpaired) electrons. The highest BCUT2D eigenvalue weighted by atomic mass is 35.5. The van der Waals surface area contributed by atoms with Gasteiger partial charge in [0.15, 0.2) is 18.4 Å². The molecule has 0 spiro atoms. The third-order valence-corrected chi connectivity index (χ3v) is 3.75. The summed E-state index contributed by atoms with van der Waals surface area (Å²) < 4.78 is 29.8. The van der Waals surface area contributed by atoms with E-state index < -0.39 is 11.4 Å². The van der Waals surface area contributed by atoms with E-state index in [9.17, 15) is 9.18 Å². The number of methoxy groups -OCH3 is 1. The summed E-state index contributed by atoms with van der Waals surface area (Å²) in [7, 11) is 1.46. The zero-order valence-electron chi connectivity index (χ0n) is 14.9. The maximum Gasteiger partial charge on any atom is 0.410 e. The molecule has 7 heteroatoms. The first-order valence-electron chi connectivity index (χ1n) is 7.99. The molecule has 1 aromatic rings. The molecule has 0 aliphatic carbocycles. The van der Waals surface area contributed by atoms with Crippen molar-refractivity contribution in [2.45, 2.75) is 32.8 Å². The lowest BCUT2D eigenvalue weighted by atomic mass is 9.98. The predicted octanol–water partition coefficient (Wildman–Crippen LogP) is 4.49. The van der Waals surface area contributed by atoms with Gasteiger partial charge in [0.25, 0.3) is 0 Å². The monoisotopic (exact) mass is 371 g/mol. The number of carbonyl (C=O) groups is 1. The standard InChI is InChI=1S/C18H23ClFNO4/c1-18(2,3)25-17(22)21-7-5-12(6-8-21)14-9-13(19)10-15(20)16(14)24-11-23-4/h5,9-10H,6-8,11H2,1-4H3. The molecule has 0 saturated carbocycles. The predicted molar refractivity (Wildman–Crippen MR) is 94.3 cm³/mol. The Hall–Kier alpha value is -1.79. The fourth-order valence-corrected chi connectivity index (χ4v) is 2.67. The number of nitrogens with zero attached hydrogens (tertiary/aromatic N) is 1. The molecule has 1 aliphatic heterocycles. The smallest absolute Gasteiger partial charge is 0.410 e. The molecule has 0 unspecified atom stereocenters. The summed E-state index contributed by atoms with van der Waals surface area (Å²) in [6, 6.07) is 2.86. The third-order valence-electron chi connectivity index (χ3n) is 3.54. The summed E-state index contributed by atoms with van der Waals surface area (Å²) in [6.07, 6.45) is 2.04. The lowest BCUT2D eigenvalue weighted by Gasteiger charge is -2.30. The van der Waals surface area contributed by atoms with Gasteiger partial charge in [-0.25, -0.2) is 9.18 Å². The number of hydrogen-bond acceptors (Lipinski definition) is 4. The van der Waals surface area contributed by atoms with Gasteiger partial charge >= 0.3 is 6.09 Å². The van der Waals surface area contributed by atoms with Crippen molar-refractivity contribution in [2.24, 2.45) is 0 Å². The largest absolute Gasteiger partial charge is 0.464 e. The van der Waals surface area contributed by atoms with Crippen molar-refractivity contribution in [3.63, 3.8) is 0 Å². The summed E-state index contributed by atoms with van der Waals surface area (Å²) in [6.45, 7) is 6.25. The molecule has 0 N–H and O–H groups in total. The summed E-state index contributed by atoms with van der Waals surface area (Å²) >= 11 is 5.99. The fraction of sp³-hybridized carbons (Fsp3) is 0.500. The summed E-state index contributed by atoms with van der Waals surface area (Å²) in [5.74, 6) is -0.446. The van der Waals surface area contributed by atoms with E-state index in [0.717, 1.165) is 5.57 Å². The molecule has 1 aromatic carbocycles. The van der Waals surface area contributed by atoms with E-state index in [0.29, 0.717) is 25.1 Å². The van der Waals surface area contributed by atoms with E-state index >= 15 is 0 Å². The second-order valence-electron chi connectivity index (χ2n) is 6.72. The van der Waals surface area contributed by atoms with Crippen LogP contribution in [-0.4, -0.2) is 43.6 Å². The van der Waals surface area contributed by atoms with Crippen LogP contribution < -0.4 is 4.74 Å². The Morgan fingerprint density at radius 3 is 2.64 bits per heavy atom. The number of rotatable bonds is 4. The van der Waals surface area contributed by atoms with E-state index in [1.54, 1.807) is 11.0 Å². The minimum Gasteiger partial charge on any atom is -0.464 e. The van der Waals surface area contributed by atoms with E-state index in [2.05, 4.69) is 0 Å². The van der Waals surface area contributed by atoms with Crippen molar-refractivity contribution in [3.8, 4) is 5.75 Å². The fourth-order valence-electron chi connectivity index (χ4n) is 2.47. The van der Waals surface area contributed by atoms with Crippen LogP contribution in [0.2, 0.25) is 5.02 Å². The van der Waals surface area contributed by atoms with Crippen molar-refractivity contribution in [1.82, 2.24) is 4.90 Å². The molecule has 1 aliphatic rings. The topological polar surface area (TPSA) is 48.0 Å². The Balaban J connectivity index is 2.19. The van der Waals surface area contributed by atoms with Crippen LogP contribution in [0.25, 0.3) is 5.57 Å². The maximum atomic E-state index is 14.2. The van der Waals surface area contributed by atoms with Gasteiger partial charge in [-0.15, -0.1) is 0 Å². The number of hydrogen-bond donors (Lipinski definition) is 0. The number of ether oxygens (including phenoxy) is 3. The first-order chi connectivity index (χ1) is 11.7. The molecule has 0 atom stereocenters. The SMILES string of the molecule is COCOc1c(F)cc(Cl)cc1C1=CCN(C(=O)OC(C)(C)C)CC1. The van der Waals surface area contributed by atoms with Gasteiger partial charge in [0.05, 0.1) is 0 Å². The number of amides is 1. The Morgan fingerprint density at radius 1 is 1.36 bits per heavy atom. The van der Waals surface area contributed by atoms with Gasteiger partial charge in [0.2, 0.25) is 0 Å². The van der Waals surface area contributed by atoms with Crippen LogP contribution in [-0.2, 0) is 9.47 Å². The molecule has 0 fully saturated rings. The molecule has 0 saturated heterocycles. The van der Waals surface area contributed by atoms with E-state index in [1.165, 1.54) is 13.2 Å². The lowest BCUT2D eigenvalue weighted by molar-refractivity contribution is 0.0270. The lowest BCUT2D eigenvalue weighted by Crippen LogP contribution is -2.39. The average Bonchev–Trinajstić information content (AvgIpc) is 2.52. The first-order valence-corrected chi connectivity index (χ1v) is 8.37. The molecule has 5 nitrogen and oxygen atoms in total. The van der Waals surface area contributed by atoms with Crippen LogP contribution in [0.3, 0.4) is 0 Å². The van der Waals surface area contributed by atoms with Crippen LogP contribution >= 0.6 is 11.6 Å². The van der Waals surface area contributed by atoms with Gasteiger partial charge in [0.1, 0.15) is 5.60 Å². The van der Waals surface area contributed by atoms with Crippen LogP contribution in [0.15, 0.2) is 18.2 Å². The Labute approximate surface area is 152 Å². The van der Waals surface area contributed by atoms with Gasteiger partial charge in [0, 0.05) is 30.8 Å². The first kappa shape index (κ1) is 19.5. The normalized spacial score (nSPS) is 15.0. The van der Waals surface area contributed by atoms with E-state index in [4.69, 9.17) is 25.8 Å². The minimum atomic E-state index is -0.546. The van der Waals surface area contributed by atoms with E-state index in [-0.39, 0.29) is 23.7 Å². The van der Waals surface area contributed by atoms with Gasteiger partial charge in [-0.2, -0.15) is 0 Å². The molecule has 1 heterocycles. The zero-order valence-corrected chi connectivity index (χ0v) is 15.7. The van der Waals surface area contributed by atoms with Crippen molar-refractivity contribution in [3.05, 3.63) is 34.6 Å². The minimum absolute atomic E-state index is 0.0666. The molecule has 0 bridgehead atoms.